The second kappa shape index (κ2) is 3.02. The second-order valence-electron chi connectivity index (χ2n) is 2.25. The van der Waals surface area contributed by atoms with Gasteiger partial charge in [0.2, 0.25) is 0 Å². The molecule has 0 radical (unpaired) electrons. The molecule has 0 aliphatic carbocycles. The van der Waals surface area contributed by atoms with Crippen LogP contribution in [0.15, 0.2) is 11.1 Å². The van der Waals surface area contributed by atoms with Crippen LogP contribution in [0.3, 0.4) is 0 Å². The number of rotatable bonds is 2. The Kier molecular flexibility index (Phi) is 2.33. The summed E-state index contributed by atoms with van der Waals surface area (Å²) >= 11 is 0. The summed E-state index contributed by atoms with van der Waals surface area (Å²) in [4.78, 5) is -0.826. The minimum atomic E-state index is -4.96. The van der Waals surface area contributed by atoms with Crippen LogP contribution in [0.5, 0.6) is 0 Å². The standard InChI is InChI=1S/C5H5F3N2O2S/c1-3-4(13(8,11)12)2-9-10(3)5(6)7/h2,5H,1H3. The van der Waals surface area contributed by atoms with Gasteiger partial charge in [-0.2, -0.15) is 22.3 Å². The average Bonchev–Trinajstić information content (AvgIpc) is 2.28. The van der Waals surface area contributed by atoms with Crippen molar-refractivity contribution in [1.29, 1.82) is 0 Å². The fraction of sp³-hybridized carbons (Fsp3) is 0.400. The molecule has 0 aromatic carbocycles. The highest BCUT2D eigenvalue weighted by Crippen LogP contribution is 2.20. The molecule has 0 N–H and O–H groups in total. The molecule has 0 saturated heterocycles. The van der Waals surface area contributed by atoms with Gasteiger partial charge >= 0.3 is 16.8 Å². The number of alkyl halides is 2. The highest BCUT2D eigenvalue weighted by Gasteiger charge is 2.22. The van der Waals surface area contributed by atoms with Crippen LogP contribution in [-0.2, 0) is 10.2 Å². The predicted octanol–water partition coefficient (Wildman–Crippen LogP) is 1.24. The topological polar surface area (TPSA) is 52.0 Å². The summed E-state index contributed by atoms with van der Waals surface area (Å²) in [5, 5.41) is 3.03. The lowest BCUT2D eigenvalue weighted by Crippen LogP contribution is -2.03. The minimum Gasteiger partial charge on any atom is -0.207 e. The summed E-state index contributed by atoms with van der Waals surface area (Å²) in [6, 6.07) is 0. The minimum absolute atomic E-state index is 0.131. The lowest BCUT2D eigenvalue weighted by atomic mass is 10.5. The molecule has 0 aliphatic heterocycles. The zero-order valence-corrected chi connectivity index (χ0v) is 7.22. The molecule has 4 nitrogen and oxygen atoms in total. The molecule has 0 bridgehead atoms. The van der Waals surface area contributed by atoms with Crippen molar-refractivity contribution in [2.24, 2.45) is 0 Å². The Morgan fingerprint density at radius 3 is 2.31 bits per heavy atom. The van der Waals surface area contributed by atoms with E-state index in [1.165, 1.54) is 0 Å². The molecule has 0 aliphatic rings. The molecule has 13 heavy (non-hydrogen) atoms. The van der Waals surface area contributed by atoms with E-state index in [4.69, 9.17) is 0 Å². The molecule has 8 heteroatoms. The van der Waals surface area contributed by atoms with E-state index in [2.05, 4.69) is 5.10 Å². The maximum absolute atomic E-state index is 12.3. The van der Waals surface area contributed by atoms with Gasteiger partial charge in [-0.3, -0.25) is 0 Å². The zero-order chi connectivity index (χ0) is 10.2. The van der Waals surface area contributed by atoms with Crippen LogP contribution in [0.1, 0.15) is 12.2 Å². The van der Waals surface area contributed by atoms with E-state index in [-0.39, 0.29) is 4.68 Å². The van der Waals surface area contributed by atoms with Gasteiger partial charge in [0.1, 0.15) is 4.90 Å². The molecule has 0 spiro atoms. The van der Waals surface area contributed by atoms with Gasteiger partial charge in [0, 0.05) is 0 Å². The Bertz CT molecular complexity index is 411. The van der Waals surface area contributed by atoms with Crippen molar-refractivity contribution in [3.63, 3.8) is 0 Å². The molecular formula is C5H5F3N2O2S. The maximum atomic E-state index is 12.3. The molecule has 74 valence electrons. The van der Waals surface area contributed by atoms with E-state index in [0.29, 0.717) is 6.20 Å². The van der Waals surface area contributed by atoms with Crippen LogP contribution >= 0.6 is 0 Å². The number of hydrogen-bond acceptors (Lipinski definition) is 3. The molecule has 1 rings (SSSR count). The molecule has 0 atom stereocenters. The van der Waals surface area contributed by atoms with E-state index >= 15 is 0 Å². The quantitative estimate of drug-likeness (QED) is 0.696. The Morgan fingerprint density at radius 2 is 2.08 bits per heavy atom. The summed E-state index contributed by atoms with van der Waals surface area (Å²) in [5.41, 5.74) is -0.419. The first-order valence-electron chi connectivity index (χ1n) is 3.11. The van der Waals surface area contributed by atoms with Crippen molar-refractivity contribution in [3.8, 4) is 0 Å². The first-order chi connectivity index (χ1) is 5.84. The van der Waals surface area contributed by atoms with Crippen molar-refractivity contribution in [2.45, 2.75) is 18.4 Å². The van der Waals surface area contributed by atoms with Gasteiger partial charge in [0.05, 0.1) is 11.9 Å². The molecule has 1 heterocycles. The molecule has 1 aromatic rings. The highest BCUT2D eigenvalue weighted by atomic mass is 32.3. The number of nitrogens with zero attached hydrogens (tertiary/aromatic N) is 2. The van der Waals surface area contributed by atoms with Crippen LogP contribution in [0, 0.1) is 6.92 Å². The van der Waals surface area contributed by atoms with E-state index in [0.717, 1.165) is 6.92 Å². The van der Waals surface area contributed by atoms with Gasteiger partial charge in [-0.15, -0.1) is 3.89 Å². The molecular weight excluding hydrogens is 209 g/mol. The molecule has 0 amide bonds. The average molecular weight is 214 g/mol. The zero-order valence-electron chi connectivity index (χ0n) is 6.41. The molecule has 0 saturated carbocycles. The number of aromatic nitrogens is 2. The molecule has 1 aromatic heterocycles. The van der Waals surface area contributed by atoms with Gasteiger partial charge in [-0.05, 0) is 6.92 Å². The fourth-order valence-electron chi connectivity index (χ4n) is 0.844. The van der Waals surface area contributed by atoms with E-state index < -0.39 is 27.4 Å². The third-order valence-corrected chi connectivity index (χ3v) is 2.37. The predicted molar refractivity (Wildman–Crippen MR) is 36.5 cm³/mol. The first-order valence-corrected chi connectivity index (χ1v) is 4.49. The Hall–Kier alpha value is -1.05. The lowest BCUT2D eigenvalue weighted by molar-refractivity contribution is 0.0541. The Labute approximate surface area is 72.2 Å². The number of hydrogen-bond donors (Lipinski definition) is 0. The monoisotopic (exact) mass is 214 g/mol. The third kappa shape index (κ3) is 1.82. The van der Waals surface area contributed by atoms with E-state index in [1.807, 2.05) is 0 Å². The van der Waals surface area contributed by atoms with Crippen molar-refractivity contribution in [2.75, 3.05) is 0 Å². The van der Waals surface area contributed by atoms with Gasteiger partial charge in [-0.25, -0.2) is 4.68 Å². The SMILES string of the molecule is Cc1c(S(=O)(=O)F)cnn1C(F)F. The van der Waals surface area contributed by atoms with Crippen molar-refractivity contribution in [3.05, 3.63) is 11.9 Å². The second-order valence-corrected chi connectivity index (χ2v) is 3.57. The highest BCUT2D eigenvalue weighted by molar-refractivity contribution is 7.86. The molecule has 0 unspecified atom stereocenters. The van der Waals surface area contributed by atoms with Gasteiger partial charge in [0.15, 0.2) is 0 Å². The summed E-state index contributed by atoms with van der Waals surface area (Å²) in [6.45, 7) is -1.93. The van der Waals surface area contributed by atoms with E-state index in [1.54, 1.807) is 0 Å². The summed E-state index contributed by atoms with van der Waals surface area (Å²) in [5.74, 6) is 0. The molecule has 0 fully saturated rings. The van der Waals surface area contributed by atoms with Crippen LogP contribution < -0.4 is 0 Å². The van der Waals surface area contributed by atoms with Crippen LogP contribution in [0.4, 0.5) is 12.7 Å². The van der Waals surface area contributed by atoms with Gasteiger partial charge in [0.25, 0.3) is 0 Å². The normalized spacial score (nSPS) is 12.4. The Morgan fingerprint density at radius 1 is 1.54 bits per heavy atom. The van der Waals surface area contributed by atoms with E-state index in [9.17, 15) is 21.1 Å². The lowest BCUT2D eigenvalue weighted by Gasteiger charge is -2.00. The fourth-order valence-corrected chi connectivity index (χ4v) is 1.46. The van der Waals surface area contributed by atoms with Crippen LogP contribution in [0.2, 0.25) is 0 Å². The third-order valence-electron chi connectivity index (χ3n) is 1.45. The maximum Gasteiger partial charge on any atom is 0.335 e. The van der Waals surface area contributed by atoms with Crippen molar-refractivity contribution in [1.82, 2.24) is 9.78 Å². The summed E-state index contributed by atoms with van der Waals surface area (Å²) < 4.78 is 57.1. The first kappa shape index (κ1) is 10.0. The smallest absolute Gasteiger partial charge is 0.207 e. The van der Waals surface area contributed by atoms with Crippen LogP contribution in [-0.4, -0.2) is 18.2 Å². The van der Waals surface area contributed by atoms with Crippen molar-refractivity contribution < 1.29 is 21.1 Å². The summed E-state index contributed by atoms with van der Waals surface area (Å²) in [6.07, 6.45) is 0.552. The largest absolute Gasteiger partial charge is 0.335 e. The van der Waals surface area contributed by atoms with Gasteiger partial charge in [-0.1, -0.05) is 0 Å². The van der Waals surface area contributed by atoms with Crippen LogP contribution in [0.25, 0.3) is 0 Å². The van der Waals surface area contributed by atoms with Crippen molar-refractivity contribution >= 4 is 10.2 Å². The Balaban J connectivity index is 3.30. The van der Waals surface area contributed by atoms with Gasteiger partial charge < -0.3 is 0 Å². The number of halogens is 3. The summed E-state index contributed by atoms with van der Waals surface area (Å²) in [7, 11) is -4.96.